The van der Waals surface area contributed by atoms with Gasteiger partial charge in [-0.25, -0.2) is 0 Å². The van der Waals surface area contributed by atoms with E-state index in [1.54, 1.807) is 4.90 Å². The molecule has 3 rings (SSSR count). The summed E-state index contributed by atoms with van der Waals surface area (Å²) in [4.78, 5) is 26.3. The van der Waals surface area contributed by atoms with E-state index in [-0.39, 0.29) is 17.7 Å². The zero-order chi connectivity index (χ0) is 15.5. The van der Waals surface area contributed by atoms with E-state index in [1.807, 2.05) is 24.3 Å². The number of benzene rings is 1. The number of amides is 2. The molecule has 1 aromatic rings. The number of nitrogens with one attached hydrogen (secondary N) is 1. The number of nitrogens with zero attached hydrogens (tertiary/aromatic N) is 1. The average molecular weight is 365 g/mol. The topological polar surface area (TPSA) is 49.4 Å². The van der Waals surface area contributed by atoms with Crippen molar-refractivity contribution in [3.63, 3.8) is 0 Å². The van der Waals surface area contributed by atoms with Gasteiger partial charge < -0.3 is 10.2 Å². The van der Waals surface area contributed by atoms with Crippen LogP contribution in [0.4, 0.5) is 5.69 Å². The number of rotatable bonds is 3. The minimum atomic E-state index is -0.224. The lowest BCUT2D eigenvalue weighted by molar-refractivity contribution is -0.127. The third kappa shape index (κ3) is 3.51. The van der Waals surface area contributed by atoms with Gasteiger partial charge in [-0.1, -0.05) is 35.2 Å². The third-order valence-electron chi connectivity index (χ3n) is 4.59. The second-order valence-electron chi connectivity index (χ2n) is 6.23. The van der Waals surface area contributed by atoms with Crippen LogP contribution in [0, 0.1) is 5.92 Å². The van der Waals surface area contributed by atoms with Gasteiger partial charge in [-0.15, -0.1) is 0 Å². The number of anilines is 1. The first-order chi connectivity index (χ1) is 10.6. The van der Waals surface area contributed by atoms with Gasteiger partial charge in [0.2, 0.25) is 11.8 Å². The van der Waals surface area contributed by atoms with Gasteiger partial charge in [-0.2, -0.15) is 0 Å². The van der Waals surface area contributed by atoms with Crippen molar-refractivity contribution in [3.8, 4) is 0 Å². The molecule has 118 valence electrons. The quantitative estimate of drug-likeness (QED) is 0.894. The molecule has 0 unspecified atom stereocenters. The van der Waals surface area contributed by atoms with Crippen molar-refractivity contribution in [1.29, 1.82) is 0 Å². The fourth-order valence-electron chi connectivity index (χ4n) is 3.32. The van der Waals surface area contributed by atoms with Crippen LogP contribution in [0.3, 0.4) is 0 Å². The van der Waals surface area contributed by atoms with Crippen molar-refractivity contribution in [2.45, 2.75) is 44.6 Å². The molecule has 1 saturated carbocycles. The summed E-state index contributed by atoms with van der Waals surface area (Å²) in [5.74, 6) is -0.149. The standard InChI is InChI=1S/C17H21BrN2O2/c18-13-6-8-15(9-7-13)20-11-12(10-16(20)21)17(22)19-14-4-2-1-3-5-14/h6-9,12,14H,1-5,10-11H2,(H,19,22)/t12-/m0/s1. The highest BCUT2D eigenvalue weighted by atomic mass is 79.9. The molecule has 0 aromatic heterocycles. The van der Waals surface area contributed by atoms with Crippen LogP contribution in [0.1, 0.15) is 38.5 Å². The van der Waals surface area contributed by atoms with E-state index in [0.29, 0.717) is 19.0 Å². The summed E-state index contributed by atoms with van der Waals surface area (Å²) in [6.45, 7) is 0.485. The summed E-state index contributed by atoms with van der Waals surface area (Å²) in [7, 11) is 0. The zero-order valence-corrected chi connectivity index (χ0v) is 14.1. The summed E-state index contributed by atoms with van der Waals surface area (Å²) in [5, 5.41) is 3.14. The maximum absolute atomic E-state index is 12.4. The highest BCUT2D eigenvalue weighted by molar-refractivity contribution is 9.10. The van der Waals surface area contributed by atoms with Crippen LogP contribution in [0.15, 0.2) is 28.7 Å². The molecule has 1 aromatic carbocycles. The molecule has 0 radical (unpaired) electrons. The van der Waals surface area contributed by atoms with Crippen molar-refractivity contribution in [2.75, 3.05) is 11.4 Å². The first-order valence-corrected chi connectivity index (χ1v) is 8.79. The van der Waals surface area contributed by atoms with Crippen LogP contribution >= 0.6 is 15.9 Å². The normalized spacial score (nSPS) is 22.9. The van der Waals surface area contributed by atoms with Crippen molar-refractivity contribution in [3.05, 3.63) is 28.7 Å². The lowest BCUT2D eigenvalue weighted by Crippen LogP contribution is -2.40. The molecule has 2 fully saturated rings. The zero-order valence-electron chi connectivity index (χ0n) is 12.6. The van der Waals surface area contributed by atoms with Gasteiger partial charge in [-0.05, 0) is 37.1 Å². The van der Waals surface area contributed by atoms with E-state index in [2.05, 4.69) is 21.2 Å². The van der Waals surface area contributed by atoms with Crippen LogP contribution in [0.2, 0.25) is 0 Å². The second kappa shape index (κ2) is 6.82. The van der Waals surface area contributed by atoms with E-state index in [0.717, 1.165) is 23.0 Å². The molecule has 5 heteroatoms. The molecule has 1 atom stereocenters. The minimum Gasteiger partial charge on any atom is -0.353 e. The number of halogens is 1. The molecule has 0 spiro atoms. The van der Waals surface area contributed by atoms with E-state index in [1.165, 1.54) is 19.3 Å². The smallest absolute Gasteiger partial charge is 0.227 e. The summed E-state index contributed by atoms with van der Waals surface area (Å²) in [6.07, 6.45) is 6.12. The average Bonchev–Trinajstić information content (AvgIpc) is 2.91. The molecule has 1 saturated heterocycles. The summed E-state index contributed by atoms with van der Waals surface area (Å²) >= 11 is 3.39. The highest BCUT2D eigenvalue weighted by Crippen LogP contribution is 2.27. The van der Waals surface area contributed by atoms with E-state index >= 15 is 0 Å². The Kier molecular flexibility index (Phi) is 4.81. The summed E-state index contributed by atoms with van der Waals surface area (Å²) in [5.41, 5.74) is 0.862. The first kappa shape index (κ1) is 15.5. The van der Waals surface area contributed by atoms with Crippen molar-refractivity contribution in [2.24, 2.45) is 5.92 Å². The van der Waals surface area contributed by atoms with Gasteiger partial charge in [0.05, 0.1) is 5.92 Å². The Hall–Kier alpha value is -1.36. The predicted octanol–water partition coefficient (Wildman–Crippen LogP) is 3.25. The van der Waals surface area contributed by atoms with Gasteiger partial charge in [0.25, 0.3) is 0 Å². The number of carbonyl (C=O) groups excluding carboxylic acids is 2. The Labute approximate surface area is 139 Å². The van der Waals surface area contributed by atoms with Crippen molar-refractivity contribution >= 4 is 33.4 Å². The molecule has 4 nitrogen and oxygen atoms in total. The Morgan fingerprint density at radius 3 is 2.50 bits per heavy atom. The van der Waals surface area contributed by atoms with Crippen LogP contribution in [-0.2, 0) is 9.59 Å². The highest BCUT2D eigenvalue weighted by Gasteiger charge is 2.35. The molecule has 1 aliphatic carbocycles. The number of hydrogen-bond donors (Lipinski definition) is 1. The Morgan fingerprint density at radius 1 is 1.14 bits per heavy atom. The summed E-state index contributed by atoms with van der Waals surface area (Å²) in [6, 6.07) is 7.95. The molecule has 1 aliphatic heterocycles. The maximum atomic E-state index is 12.4. The number of carbonyl (C=O) groups is 2. The molecule has 0 bridgehead atoms. The molecule has 1 N–H and O–H groups in total. The Bertz CT molecular complexity index is 552. The lowest BCUT2D eigenvalue weighted by atomic mass is 9.95. The SMILES string of the molecule is O=C(NC1CCCCC1)[C@H]1CC(=O)N(c2ccc(Br)cc2)C1. The Balaban J connectivity index is 1.61. The van der Waals surface area contributed by atoms with Crippen molar-refractivity contribution in [1.82, 2.24) is 5.32 Å². The van der Waals surface area contributed by atoms with Gasteiger partial charge in [-0.3, -0.25) is 9.59 Å². The Morgan fingerprint density at radius 2 is 1.82 bits per heavy atom. The van der Waals surface area contributed by atoms with Crippen LogP contribution in [0.25, 0.3) is 0 Å². The number of hydrogen-bond acceptors (Lipinski definition) is 2. The van der Waals surface area contributed by atoms with Gasteiger partial charge in [0.15, 0.2) is 0 Å². The van der Waals surface area contributed by atoms with Gasteiger partial charge in [0.1, 0.15) is 0 Å². The first-order valence-electron chi connectivity index (χ1n) is 8.00. The molecule has 1 heterocycles. The molecular weight excluding hydrogens is 344 g/mol. The fourth-order valence-corrected chi connectivity index (χ4v) is 3.58. The second-order valence-corrected chi connectivity index (χ2v) is 7.14. The van der Waals surface area contributed by atoms with E-state index in [4.69, 9.17) is 0 Å². The van der Waals surface area contributed by atoms with Crippen LogP contribution in [-0.4, -0.2) is 24.4 Å². The molecular formula is C17H21BrN2O2. The van der Waals surface area contributed by atoms with Crippen molar-refractivity contribution < 1.29 is 9.59 Å². The fraction of sp³-hybridized carbons (Fsp3) is 0.529. The van der Waals surface area contributed by atoms with Gasteiger partial charge >= 0.3 is 0 Å². The van der Waals surface area contributed by atoms with E-state index in [9.17, 15) is 9.59 Å². The van der Waals surface area contributed by atoms with Crippen LogP contribution in [0.5, 0.6) is 0 Å². The summed E-state index contributed by atoms with van der Waals surface area (Å²) < 4.78 is 0.981. The third-order valence-corrected chi connectivity index (χ3v) is 5.11. The maximum Gasteiger partial charge on any atom is 0.227 e. The molecule has 2 amide bonds. The molecule has 2 aliphatic rings. The largest absolute Gasteiger partial charge is 0.353 e. The minimum absolute atomic E-state index is 0.0334. The lowest BCUT2D eigenvalue weighted by Gasteiger charge is -2.24. The van der Waals surface area contributed by atoms with Gasteiger partial charge in [0, 0.05) is 29.2 Å². The monoisotopic (exact) mass is 364 g/mol. The predicted molar refractivity (Wildman–Crippen MR) is 89.6 cm³/mol. The van der Waals surface area contributed by atoms with Crippen LogP contribution < -0.4 is 10.2 Å². The molecule has 22 heavy (non-hydrogen) atoms. The van der Waals surface area contributed by atoms with E-state index < -0.39 is 0 Å².